The van der Waals surface area contributed by atoms with Crippen LogP contribution in [0.1, 0.15) is 45.2 Å². The van der Waals surface area contributed by atoms with Gasteiger partial charge in [-0.1, -0.05) is 39.8 Å². The molecule has 1 aromatic rings. The van der Waals surface area contributed by atoms with Gasteiger partial charge in [-0.05, 0) is 36.4 Å². The fraction of sp³-hybridized carbons (Fsp3) is 0.625. The Morgan fingerprint density at radius 3 is 2.72 bits per heavy atom. The highest BCUT2D eigenvalue weighted by Crippen LogP contribution is 2.39. The van der Waals surface area contributed by atoms with Gasteiger partial charge in [-0.3, -0.25) is 0 Å². The highest BCUT2D eigenvalue weighted by molar-refractivity contribution is 5.45. The molecule has 18 heavy (non-hydrogen) atoms. The van der Waals surface area contributed by atoms with E-state index in [0.717, 1.165) is 31.7 Å². The second-order valence-corrected chi connectivity index (χ2v) is 6.87. The Labute approximate surface area is 111 Å². The molecule has 0 aliphatic carbocycles. The molecule has 0 saturated heterocycles. The summed E-state index contributed by atoms with van der Waals surface area (Å²) in [7, 11) is 0. The molecule has 2 rings (SSSR count). The third kappa shape index (κ3) is 2.69. The summed E-state index contributed by atoms with van der Waals surface area (Å²) in [5.41, 5.74) is 8.91. The largest absolute Gasteiger partial charge is 0.492 e. The van der Waals surface area contributed by atoms with Crippen molar-refractivity contribution in [1.29, 1.82) is 0 Å². The zero-order valence-corrected chi connectivity index (χ0v) is 12.0. The number of ether oxygens (including phenoxy) is 1. The second kappa shape index (κ2) is 4.58. The summed E-state index contributed by atoms with van der Waals surface area (Å²) >= 11 is 0. The van der Waals surface area contributed by atoms with Crippen molar-refractivity contribution in [3.63, 3.8) is 0 Å². The van der Waals surface area contributed by atoms with E-state index in [1.807, 2.05) is 0 Å². The number of rotatable bonds is 4. The first-order chi connectivity index (χ1) is 8.34. The minimum Gasteiger partial charge on any atom is -0.492 e. The summed E-state index contributed by atoms with van der Waals surface area (Å²) in [6.07, 6.45) is 2.22. The van der Waals surface area contributed by atoms with Crippen LogP contribution in [-0.2, 0) is 11.8 Å². The summed E-state index contributed by atoms with van der Waals surface area (Å²) in [6, 6.07) is 6.62. The normalized spacial score (nSPS) is 17.4. The standard InChI is InChI=1S/C16H25NO/c1-15(2,10-17)8-7-12-5-6-14-13(9-12)16(3,4)11-18-14/h5-6,9H,7-8,10-11,17H2,1-4H3. The van der Waals surface area contributed by atoms with E-state index in [2.05, 4.69) is 45.9 Å². The highest BCUT2D eigenvalue weighted by Gasteiger charge is 2.31. The fourth-order valence-corrected chi connectivity index (χ4v) is 2.31. The predicted octanol–water partition coefficient (Wildman–Crippen LogP) is 3.27. The van der Waals surface area contributed by atoms with Crippen LogP contribution in [0.3, 0.4) is 0 Å². The van der Waals surface area contributed by atoms with Crippen LogP contribution in [0.15, 0.2) is 18.2 Å². The molecule has 0 spiro atoms. The van der Waals surface area contributed by atoms with Gasteiger partial charge < -0.3 is 10.5 Å². The van der Waals surface area contributed by atoms with Gasteiger partial charge in [-0.25, -0.2) is 0 Å². The van der Waals surface area contributed by atoms with Gasteiger partial charge in [0.2, 0.25) is 0 Å². The molecule has 0 saturated carbocycles. The highest BCUT2D eigenvalue weighted by atomic mass is 16.5. The van der Waals surface area contributed by atoms with Crippen LogP contribution >= 0.6 is 0 Å². The Morgan fingerprint density at radius 1 is 1.33 bits per heavy atom. The average molecular weight is 247 g/mol. The summed E-state index contributed by atoms with van der Waals surface area (Å²) in [4.78, 5) is 0. The topological polar surface area (TPSA) is 35.2 Å². The van der Waals surface area contributed by atoms with E-state index in [1.54, 1.807) is 0 Å². The van der Waals surface area contributed by atoms with E-state index < -0.39 is 0 Å². The Kier molecular flexibility index (Phi) is 3.41. The molecule has 0 fully saturated rings. The average Bonchev–Trinajstić information content (AvgIpc) is 2.63. The molecule has 2 heteroatoms. The first-order valence-electron chi connectivity index (χ1n) is 6.80. The molecule has 0 unspecified atom stereocenters. The van der Waals surface area contributed by atoms with Gasteiger partial charge in [0.15, 0.2) is 0 Å². The first kappa shape index (κ1) is 13.4. The first-order valence-corrected chi connectivity index (χ1v) is 6.80. The van der Waals surface area contributed by atoms with Crippen LogP contribution in [0.5, 0.6) is 5.75 Å². The fourth-order valence-electron chi connectivity index (χ4n) is 2.31. The molecule has 1 aromatic carbocycles. The molecular weight excluding hydrogens is 222 g/mol. The molecule has 0 atom stereocenters. The number of hydrogen-bond donors (Lipinski definition) is 1. The minimum absolute atomic E-state index is 0.148. The number of aryl methyl sites for hydroxylation is 1. The van der Waals surface area contributed by atoms with Crippen LogP contribution < -0.4 is 10.5 Å². The van der Waals surface area contributed by atoms with Crippen molar-refractivity contribution >= 4 is 0 Å². The van der Waals surface area contributed by atoms with Crippen LogP contribution in [0.2, 0.25) is 0 Å². The maximum absolute atomic E-state index is 5.78. The lowest BCUT2D eigenvalue weighted by Crippen LogP contribution is -2.24. The quantitative estimate of drug-likeness (QED) is 0.886. The number of fused-ring (bicyclic) bond motifs is 1. The summed E-state index contributed by atoms with van der Waals surface area (Å²) < 4.78 is 5.72. The molecule has 2 N–H and O–H groups in total. The molecule has 1 heterocycles. The maximum Gasteiger partial charge on any atom is 0.123 e. The van der Waals surface area contributed by atoms with Crippen LogP contribution in [0.25, 0.3) is 0 Å². The predicted molar refractivity (Wildman–Crippen MR) is 76.1 cm³/mol. The Hall–Kier alpha value is -1.02. The number of nitrogens with two attached hydrogens (primary N) is 1. The third-order valence-electron chi connectivity index (χ3n) is 4.00. The summed E-state index contributed by atoms with van der Waals surface area (Å²) in [5, 5.41) is 0. The third-order valence-corrected chi connectivity index (χ3v) is 4.00. The van der Waals surface area contributed by atoms with Crippen molar-refractivity contribution in [1.82, 2.24) is 0 Å². The van der Waals surface area contributed by atoms with E-state index in [9.17, 15) is 0 Å². The Balaban J connectivity index is 2.13. The van der Waals surface area contributed by atoms with E-state index in [0.29, 0.717) is 0 Å². The molecular formula is C16H25NO. The lowest BCUT2D eigenvalue weighted by molar-refractivity contribution is 0.291. The van der Waals surface area contributed by atoms with Crippen LogP contribution in [-0.4, -0.2) is 13.2 Å². The van der Waals surface area contributed by atoms with Gasteiger partial charge in [-0.2, -0.15) is 0 Å². The van der Waals surface area contributed by atoms with Crippen molar-refractivity contribution in [2.75, 3.05) is 13.2 Å². The van der Waals surface area contributed by atoms with Crippen LogP contribution in [0.4, 0.5) is 0 Å². The summed E-state index contributed by atoms with van der Waals surface area (Å²) in [6.45, 7) is 10.5. The van der Waals surface area contributed by atoms with E-state index in [4.69, 9.17) is 10.5 Å². The lowest BCUT2D eigenvalue weighted by atomic mass is 9.83. The smallest absolute Gasteiger partial charge is 0.123 e. The molecule has 0 radical (unpaired) electrons. The van der Waals surface area contributed by atoms with Gasteiger partial charge in [0.05, 0.1) is 6.61 Å². The maximum atomic E-state index is 5.78. The van der Waals surface area contributed by atoms with Crippen molar-refractivity contribution in [3.05, 3.63) is 29.3 Å². The second-order valence-electron chi connectivity index (χ2n) is 6.87. The number of hydrogen-bond acceptors (Lipinski definition) is 2. The van der Waals surface area contributed by atoms with E-state index in [1.165, 1.54) is 11.1 Å². The zero-order chi connectivity index (χ0) is 13.4. The molecule has 2 nitrogen and oxygen atoms in total. The molecule has 100 valence electrons. The van der Waals surface area contributed by atoms with Gasteiger partial charge in [-0.15, -0.1) is 0 Å². The van der Waals surface area contributed by atoms with Gasteiger partial charge in [0, 0.05) is 11.0 Å². The zero-order valence-electron chi connectivity index (χ0n) is 12.0. The lowest BCUT2D eigenvalue weighted by Gasteiger charge is -2.22. The van der Waals surface area contributed by atoms with Gasteiger partial charge in [0.25, 0.3) is 0 Å². The molecule has 0 amide bonds. The molecule has 1 aliphatic rings. The Bertz CT molecular complexity index is 435. The van der Waals surface area contributed by atoms with E-state index in [-0.39, 0.29) is 10.8 Å². The van der Waals surface area contributed by atoms with Crippen LogP contribution in [0, 0.1) is 5.41 Å². The van der Waals surface area contributed by atoms with Crippen molar-refractivity contribution in [2.24, 2.45) is 11.1 Å². The number of benzene rings is 1. The van der Waals surface area contributed by atoms with Crippen molar-refractivity contribution in [2.45, 2.75) is 46.0 Å². The minimum atomic E-state index is 0.148. The van der Waals surface area contributed by atoms with Crippen molar-refractivity contribution < 1.29 is 4.74 Å². The van der Waals surface area contributed by atoms with E-state index >= 15 is 0 Å². The van der Waals surface area contributed by atoms with Gasteiger partial charge in [0.1, 0.15) is 5.75 Å². The SMILES string of the molecule is CC(C)(CN)CCc1ccc2c(c1)C(C)(C)CO2. The summed E-state index contributed by atoms with van der Waals surface area (Å²) in [5.74, 6) is 1.06. The molecule has 1 aliphatic heterocycles. The van der Waals surface area contributed by atoms with Crippen molar-refractivity contribution in [3.8, 4) is 5.75 Å². The van der Waals surface area contributed by atoms with Gasteiger partial charge >= 0.3 is 0 Å². The Morgan fingerprint density at radius 2 is 2.06 bits per heavy atom. The molecule has 0 bridgehead atoms. The monoisotopic (exact) mass is 247 g/mol. The molecule has 0 aromatic heterocycles.